The van der Waals surface area contributed by atoms with Crippen LogP contribution in [0.1, 0.15) is 34.1 Å². The number of ether oxygens (including phenoxy) is 2. The van der Waals surface area contributed by atoms with Crippen LogP contribution < -0.4 is 0 Å². The summed E-state index contributed by atoms with van der Waals surface area (Å²) in [6.07, 6.45) is 7.39. The van der Waals surface area contributed by atoms with Crippen LogP contribution in [0, 0.1) is 17.3 Å². The molecule has 0 unspecified atom stereocenters. The number of rotatable bonds is 1. The minimum Gasteiger partial charge on any atom is -0.348 e. The lowest BCUT2D eigenvalue weighted by Gasteiger charge is -2.49. The standard InChI is InChI=1S/C15H24O2/c1-5-6-14-16-9-15(10-17-14)12(3)7-11(2)8-13(15)4/h5-7,12-14H,8-10H2,1-4H3/b6-5+/t12-,13+,14?,15?/m1/s1. The zero-order valence-corrected chi connectivity index (χ0v) is 11.4. The third-order valence-corrected chi connectivity index (χ3v) is 4.43. The number of hydrogen-bond acceptors (Lipinski definition) is 2. The number of hydrogen-bond donors (Lipinski definition) is 0. The first kappa shape index (κ1) is 12.8. The summed E-state index contributed by atoms with van der Waals surface area (Å²) in [4.78, 5) is 0. The quantitative estimate of drug-likeness (QED) is 0.648. The van der Waals surface area contributed by atoms with Gasteiger partial charge in [-0.25, -0.2) is 0 Å². The van der Waals surface area contributed by atoms with Gasteiger partial charge >= 0.3 is 0 Å². The van der Waals surface area contributed by atoms with Crippen LogP contribution in [0.3, 0.4) is 0 Å². The molecule has 0 saturated carbocycles. The predicted molar refractivity (Wildman–Crippen MR) is 69.6 cm³/mol. The maximum atomic E-state index is 5.85. The van der Waals surface area contributed by atoms with E-state index in [2.05, 4.69) is 26.8 Å². The molecule has 0 aromatic carbocycles. The highest BCUT2D eigenvalue weighted by atomic mass is 16.7. The molecule has 2 rings (SSSR count). The molecule has 2 nitrogen and oxygen atoms in total. The van der Waals surface area contributed by atoms with Gasteiger partial charge in [-0.05, 0) is 38.2 Å². The predicted octanol–water partition coefficient (Wildman–Crippen LogP) is 3.54. The lowest BCUT2D eigenvalue weighted by atomic mass is 9.63. The molecule has 2 atom stereocenters. The van der Waals surface area contributed by atoms with Crippen LogP contribution in [0.25, 0.3) is 0 Å². The van der Waals surface area contributed by atoms with Crippen LogP contribution in [-0.4, -0.2) is 19.5 Å². The minimum atomic E-state index is -0.142. The summed E-state index contributed by atoms with van der Waals surface area (Å²) in [7, 11) is 0. The van der Waals surface area contributed by atoms with Gasteiger partial charge in [0.05, 0.1) is 13.2 Å². The summed E-state index contributed by atoms with van der Waals surface area (Å²) in [5, 5.41) is 0. The van der Waals surface area contributed by atoms with Crippen molar-refractivity contribution in [3.8, 4) is 0 Å². The zero-order chi connectivity index (χ0) is 12.5. The highest BCUT2D eigenvalue weighted by Gasteiger charge is 2.46. The van der Waals surface area contributed by atoms with Gasteiger partial charge in [-0.15, -0.1) is 0 Å². The second-order valence-electron chi connectivity index (χ2n) is 5.66. The summed E-state index contributed by atoms with van der Waals surface area (Å²) in [6.45, 7) is 10.5. The molecule has 1 spiro atoms. The van der Waals surface area contributed by atoms with Gasteiger partial charge in [0.25, 0.3) is 0 Å². The molecular formula is C15H24O2. The van der Waals surface area contributed by atoms with Gasteiger partial charge in [-0.1, -0.05) is 31.6 Å². The molecule has 1 aliphatic heterocycles. The summed E-state index contributed by atoms with van der Waals surface area (Å²) in [5.74, 6) is 1.17. The fourth-order valence-corrected chi connectivity index (χ4v) is 3.18. The van der Waals surface area contributed by atoms with E-state index in [-0.39, 0.29) is 11.7 Å². The average molecular weight is 236 g/mol. The highest BCUT2D eigenvalue weighted by Crippen LogP contribution is 2.46. The molecule has 17 heavy (non-hydrogen) atoms. The molecule has 0 aromatic rings. The molecule has 96 valence electrons. The van der Waals surface area contributed by atoms with Crippen molar-refractivity contribution in [1.82, 2.24) is 0 Å². The van der Waals surface area contributed by atoms with Gasteiger partial charge in [0.1, 0.15) is 0 Å². The molecule has 1 heterocycles. The van der Waals surface area contributed by atoms with Crippen LogP contribution in [0.15, 0.2) is 23.8 Å². The van der Waals surface area contributed by atoms with Crippen molar-refractivity contribution in [2.75, 3.05) is 13.2 Å². The van der Waals surface area contributed by atoms with Crippen LogP contribution in [0.2, 0.25) is 0 Å². The van der Waals surface area contributed by atoms with E-state index in [4.69, 9.17) is 9.47 Å². The van der Waals surface area contributed by atoms with Crippen molar-refractivity contribution >= 4 is 0 Å². The van der Waals surface area contributed by atoms with Crippen molar-refractivity contribution in [2.24, 2.45) is 17.3 Å². The van der Waals surface area contributed by atoms with Crippen molar-refractivity contribution in [3.63, 3.8) is 0 Å². The smallest absolute Gasteiger partial charge is 0.176 e. The van der Waals surface area contributed by atoms with Gasteiger partial charge in [0.2, 0.25) is 0 Å². The van der Waals surface area contributed by atoms with E-state index in [1.54, 1.807) is 0 Å². The molecule has 1 saturated heterocycles. The second kappa shape index (κ2) is 4.95. The van der Waals surface area contributed by atoms with Gasteiger partial charge in [-0.2, -0.15) is 0 Å². The normalized spacial score (nSPS) is 43.1. The third-order valence-electron chi connectivity index (χ3n) is 4.43. The van der Waals surface area contributed by atoms with Crippen molar-refractivity contribution in [3.05, 3.63) is 23.8 Å². The van der Waals surface area contributed by atoms with E-state index in [0.29, 0.717) is 11.8 Å². The van der Waals surface area contributed by atoms with Gasteiger partial charge in [0, 0.05) is 5.41 Å². The first-order chi connectivity index (χ1) is 8.08. The van der Waals surface area contributed by atoms with E-state index in [1.165, 1.54) is 12.0 Å². The van der Waals surface area contributed by atoms with Gasteiger partial charge < -0.3 is 9.47 Å². The topological polar surface area (TPSA) is 18.5 Å². The molecule has 0 aromatic heterocycles. The molecule has 1 fully saturated rings. The Morgan fingerprint density at radius 3 is 2.47 bits per heavy atom. The Kier molecular flexibility index (Phi) is 3.74. The van der Waals surface area contributed by atoms with Crippen LogP contribution in [0.5, 0.6) is 0 Å². The molecule has 0 radical (unpaired) electrons. The van der Waals surface area contributed by atoms with Crippen LogP contribution in [0.4, 0.5) is 0 Å². The Morgan fingerprint density at radius 1 is 1.29 bits per heavy atom. The summed E-state index contributed by atoms with van der Waals surface area (Å²) in [6, 6.07) is 0. The van der Waals surface area contributed by atoms with Crippen LogP contribution in [-0.2, 0) is 9.47 Å². The summed E-state index contributed by atoms with van der Waals surface area (Å²) >= 11 is 0. The first-order valence-corrected chi connectivity index (χ1v) is 6.62. The molecule has 0 N–H and O–H groups in total. The lowest BCUT2D eigenvalue weighted by Crippen LogP contribution is -2.50. The molecule has 1 aliphatic carbocycles. The highest BCUT2D eigenvalue weighted by molar-refractivity contribution is 5.13. The Morgan fingerprint density at radius 2 is 1.94 bits per heavy atom. The first-order valence-electron chi connectivity index (χ1n) is 6.62. The van der Waals surface area contributed by atoms with Crippen LogP contribution >= 0.6 is 0 Å². The summed E-state index contributed by atoms with van der Waals surface area (Å²) < 4.78 is 11.7. The average Bonchev–Trinajstić information content (AvgIpc) is 2.28. The molecule has 0 amide bonds. The van der Waals surface area contributed by atoms with Gasteiger partial charge in [0.15, 0.2) is 6.29 Å². The fraction of sp³-hybridized carbons (Fsp3) is 0.733. The Labute approximate surface area is 105 Å². The minimum absolute atomic E-state index is 0.142. The number of allylic oxidation sites excluding steroid dienone is 3. The van der Waals surface area contributed by atoms with Crippen molar-refractivity contribution in [1.29, 1.82) is 0 Å². The molecular weight excluding hydrogens is 212 g/mol. The van der Waals surface area contributed by atoms with Crippen molar-refractivity contribution < 1.29 is 9.47 Å². The molecule has 0 bridgehead atoms. The monoisotopic (exact) mass is 236 g/mol. The Hall–Kier alpha value is -0.600. The molecule has 2 aliphatic rings. The lowest BCUT2D eigenvalue weighted by molar-refractivity contribution is -0.229. The largest absolute Gasteiger partial charge is 0.348 e. The van der Waals surface area contributed by atoms with Crippen molar-refractivity contribution in [2.45, 2.75) is 40.4 Å². The zero-order valence-electron chi connectivity index (χ0n) is 11.4. The maximum absolute atomic E-state index is 5.85. The molecule has 2 heteroatoms. The van der Waals surface area contributed by atoms with E-state index < -0.39 is 0 Å². The maximum Gasteiger partial charge on any atom is 0.176 e. The van der Waals surface area contributed by atoms with E-state index in [0.717, 1.165) is 13.2 Å². The summed E-state index contributed by atoms with van der Waals surface area (Å²) in [5.41, 5.74) is 1.68. The fourth-order valence-electron chi connectivity index (χ4n) is 3.18. The van der Waals surface area contributed by atoms with E-state index >= 15 is 0 Å². The third kappa shape index (κ3) is 2.34. The van der Waals surface area contributed by atoms with E-state index in [1.807, 2.05) is 19.1 Å². The van der Waals surface area contributed by atoms with E-state index in [9.17, 15) is 0 Å². The van der Waals surface area contributed by atoms with Gasteiger partial charge in [-0.3, -0.25) is 0 Å². The second-order valence-corrected chi connectivity index (χ2v) is 5.66. The SMILES string of the molecule is C/C=C/C1OCC2(CO1)[C@H](C)C=C(C)C[C@@H]2C. The Bertz CT molecular complexity index is 322. The Balaban J connectivity index is 2.11.